The Balaban J connectivity index is 1.79. The van der Waals surface area contributed by atoms with E-state index in [2.05, 4.69) is 15.3 Å². The molecule has 0 aromatic carbocycles. The first-order valence-corrected chi connectivity index (χ1v) is 7.22. The quantitative estimate of drug-likeness (QED) is 0.907. The summed E-state index contributed by atoms with van der Waals surface area (Å²) in [6, 6.07) is 0.451. The van der Waals surface area contributed by atoms with Crippen molar-refractivity contribution in [1.82, 2.24) is 15.3 Å². The number of likely N-dealkylation sites (N-methyl/N-ethyl adjacent to an activating group) is 1. The van der Waals surface area contributed by atoms with Crippen LogP contribution in [0.3, 0.4) is 0 Å². The van der Waals surface area contributed by atoms with Crippen LogP contribution in [-0.4, -0.2) is 36.1 Å². The molecular formula is C14H21FN4. The van der Waals surface area contributed by atoms with Gasteiger partial charge < -0.3 is 10.2 Å². The lowest BCUT2D eigenvalue weighted by molar-refractivity contribution is 0.410. The van der Waals surface area contributed by atoms with Crippen molar-refractivity contribution in [2.45, 2.75) is 44.1 Å². The van der Waals surface area contributed by atoms with E-state index >= 15 is 0 Å². The monoisotopic (exact) mass is 264 g/mol. The molecular weight excluding hydrogens is 243 g/mol. The van der Waals surface area contributed by atoms with Crippen LogP contribution in [0.15, 0.2) is 6.33 Å². The standard InChI is InChI=1S/C14H21FN4/c1-16-11-7-19(8-11)14-12(15)13(17-9-18-14)10-5-3-2-4-6-10/h9-11,16H,2-8H2,1H3. The fourth-order valence-corrected chi connectivity index (χ4v) is 3.09. The van der Waals surface area contributed by atoms with Gasteiger partial charge in [0.15, 0.2) is 11.6 Å². The fourth-order valence-electron chi connectivity index (χ4n) is 3.09. The maximum atomic E-state index is 14.6. The number of hydrogen-bond donors (Lipinski definition) is 1. The van der Waals surface area contributed by atoms with Gasteiger partial charge in [0, 0.05) is 25.0 Å². The van der Waals surface area contributed by atoms with E-state index in [0.717, 1.165) is 25.9 Å². The van der Waals surface area contributed by atoms with Crippen LogP contribution in [0.4, 0.5) is 10.2 Å². The molecule has 0 amide bonds. The van der Waals surface area contributed by atoms with Gasteiger partial charge in [0.05, 0.1) is 5.69 Å². The second-order valence-electron chi connectivity index (χ2n) is 5.62. The summed E-state index contributed by atoms with van der Waals surface area (Å²) in [5, 5.41) is 3.19. The lowest BCUT2D eigenvalue weighted by atomic mass is 9.86. The summed E-state index contributed by atoms with van der Waals surface area (Å²) in [6.45, 7) is 1.66. The SMILES string of the molecule is CNC1CN(c2ncnc(C3CCCCC3)c2F)C1. The number of aromatic nitrogens is 2. The van der Waals surface area contributed by atoms with Gasteiger partial charge in [-0.3, -0.25) is 0 Å². The molecule has 0 spiro atoms. The first kappa shape index (κ1) is 12.8. The van der Waals surface area contributed by atoms with Crippen LogP contribution in [0.1, 0.15) is 43.7 Å². The first-order valence-electron chi connectivity index (χ1n) is 7.22. The second kappa shape index (κ2) is 5.41. The Hall–Kier alpha value is -1.23. The van der Waals surface area contributed by atoms with Gasteiger partial charge in [-0.2, -0.15) is 0 Å². The highest BCUT2D eigenvalue weighted by atomic mass is 19.1. The molecule has 5 heteroatoms. The smallest absolute Gasteiger partial charge is 0.187 e. The van der Waals surface area contributed by atoms with Gasteiger partial charge in [0.2, 0.25) is 0 Å². The van der Waals surface area contributed by atoms with E-state index in [-0.39, 0.29) is 11.7 Å². The summed E-state index contributed by atoms with van der Waals surface area (Å²) in [5.41, 5.74) is 0.637. The molecule has 0 bridgehead atoms. The number of rotatable bonds is 3. The third-order valence-electron chi connectivity index (χ3n) is 4.38. The molecule has 3 rings (SSSR count). The highest BCUT2D eigenvalue weighted by Crippen LogP contribution is 2.35. The Bertz CT molecular complexity index is 439. The maximum absolute atomic E-state index is 14.6. The van der Waals surface area contributed by atoms with E-state index in [9.17, 15) is 4.39 Å². The predicted molar refractivity (Wildman–Crippen MR) is 72.9 cm³/mol. The number of nitrogens with zero attached hydrogens (tertiary/aromatic N) is 3. The van der Waals surface area contributed by atoms with Crippen molar-refractivity contribution in [1.29, 1.82) is 0 Å². The average molecular weight is 264 g/mol. The van der Waals surface area contributed by atoms with Crippen molar-refractivity contribution in [3.8, 4) is 0 Å². The average Bonchev–Trinajstić information content (AvgIpc) is 2.40. The van der Waals surface area contributed by atoms with Crippen LogP contribution >= 0.6 is 0 Å². The van der Waals surface area contributed by atoms with Crippen molar-refractivity contribution in [3.05, 3.63) is 17.8 Å². The van der Waals surface area contributed by atoms with E-state index in [4.69, 9.17) is 0 Å². The van der Waals surface area contributed by atoms with Crippen molar-refractivity contribution in [2.75, 3.05) is 25.0 Å². The zero-order valence-corrected chi connectivity index (χ0v) is 11.4. The number of hydrogen-bond acceptors (Lipinski definition) is 4. The van der Waals surface area contributed by atoms with E-state index in [1.54, 1.807) is 0 Å². The van der Waals surface area contributed by atoms with E-state index in [0.29, 0.717) is 17.6 Å². The molecule has 1 aromatic rings. The maximum Gasteiger partial charge on any atom is 0.187 e. The van der Waals surface area contributed by atoms with Crippen molar-refractivity contribution >= 4 is 5.82 Å². The zero-order chi connectivity index (χ0) is 13.2. The Morgan fingerprint density at radius 1 is 1.21 bits per heavy atom. The van der Waals surface area contributed by atoms with Crippen molar-refractivity contribution in [3.63, 3.8) is 0 Å². The van der Waals surface area contributed by atoms with Crippen LogP contribution < -0.4 is 10.2 Å². The molecule has 0 unspecified atom stereocenters. The third kappa shape index (κ3) is 2.43. The minimum absolute atomic E-state index is 0.191. The Morgan fingerprint density at radius 2 is 1.95 bits per heavy atom. The lowest BCUT2D eigenvalue weighted by Crippen LogP contribution is -2.57. The van der Waals surface area contributed by atoms with Gasteiger partial charge >= 0.3 is 0 Å². The summed E-state index contributed by atoms with van der Waals surface area (Å²) in [6.07, 6.45) is 7.30. The molecule has 1 N–H and O–H groups in total. The normalized spacial score (nSPS) is 21.5. The second-order valence-corrected chi connectivity index (χ2v) is 5.62. The van der Waals surface area contributed by atoms with Crippen LogP contribution in [0.2, 0.25) is 0 Å². The van der Waals surface area contributed by atoms with Gasteiger partial charge in [-0.15, -0.1) is 0 Å². The minimum Gasteiger partial charge on any atom is -0.351 e. The van der Waals surface area contributed by atoms with Gasteiger partial charge in [-0.05, 0) is 19.9 Å². The molecule has 1 aliphatic heterocycles. The molecule has 1 aliphatic carbocycles. The third-order valence-corrected chi connectivity index (χ3v) is 4.38. The van der Waals surface area contributed by atoms with Gasteiger partial charge in [0.25, 0.3) is 0 Å². The Morgan fingerprint density at radius 3 is 2.63 bits per heavy atom. The van der Waals surface area contributed by atoms with E-state index < -0.39 is 0 Å². The van der Waals surface area contributed by atoms with Gasteiger partial charge in [0.1, 0.15) is 6.33 Å². The van der Waals surface area contributed by atoms with Gasteiger partial charge in [-0.25, -0.2) is 14.4 Å². The van der Waals surface area contributed by atoms with Crippen molar-refractivity contribution < 1.29 is 4.39 Å². The first-order chi connectivity index (χ1) is 9.29. The zero-order valence-electron chi connectivity index (χ0n) is 11.4. The number of halogens is 1. The van der Waals surface area contributed by atoms with E-state index in [1.165, 1.54) is 25.6 Å². The minimum atomic E-state index is -0.191. The summed E-state index contributed by atoms with van der Waals surface area (Å²) >= 11 is 0. The molecule has 2 fully saturated rings. The Kier molecular flexibility index (Phi) is 3.64. The highest BCUT2D eigenvalue weighted by Gasteiger charge is 2.31. The van der Waals surface area contributed by atoms with Crippen LogP contribution in [0.5, 0.6) is 0 Å². The molecule has 2 aliphatic rings. The molecule has 1 saturated heterocycles. The molecule has 1 saturated carbocycles. The lowest BCUT2D eigenvalue weighted by Gasteiger charge is -2.40. The van der Waals surface area contributed by atoms with E-state index in [1.807, 2.05) is 11.9 Å². The molecule has 104 valence electrons. The molecule has 0 atom stereocenters. The number of anilines is 1. The summed E-state index contributed by atoms with van der Waals surface area (Å²) in [7, 11) is 1.94. The summed E-state index contributed by atoms with van der Waals surface area (Å²) in [4.78, 5) is 10.3. The Labute approximate surface area is 113 Å². The molecule has 19 heavy (non-hydrogen) atoms. The fraction of sp³-hybridized carbons (Fsp3) is 0.714. The summed E-state index contributed by atoms with van der Waals surface area (Å²) < 4.78 is 14.6. The van der Waals surface area contributed by atoms with Crippen LogP contribution in [-0.2, 0) is 0 Å². The molecule has 4 nitrogen and oxygen atoms in total. The van der Waals surface area contributed by atoms with Crippen molar-refractivity contribution in [2.24, 2.45) is 0 Å². The van der Waals surface area contributed by atoms with Crippen LogP contribution in [0, 0.1) is 5.82 Å². The summed E-state index contributed by atoms with van der Waals surface area (Å²) in [5.74, 6) is 0.586. The van der Waals surface area contributed by atoms with Crippen LogP contribution in [0.25, 0.3) is 0 Å². The molecule has 0 radical (unpaired) electrons. The number of nitrogens with one attached hydrogen (secondary N) is 1. The molecule has 1 aromatic heterocycles. The largest absolute Gasteiger partial charge is 0.351 e. The predicted octanol–water partition coefficient (Wildman–Crippen LogP) is 2.07. The highest BCUT2D eigenvalue weighted by molar-refractivity contribution is 5.45. The topological polar surface area (TPSA) is 41.0 Å². The van der Waals surface area contributed by atoms with Gasteiger partial charge in [-0.1, -0.05) is 19.3 Å². The molecule has 2 heterocycles.